The quantitative estimate of drug-likeness (QED) is 0.738. The summed E-state index contributed by atoms with van der Waals surface area (Å²) < 4.78 is 6.77. The van der Waals surface area contributed by atoms with Gasteiger partial charge in [-0.05, 0) is 37.1 Å². The van der Waals surface area contributed by atoms with Crippen LogP contribution in [0.3, 0.4) is 0 Å². The molecule has 0 unspecified atom stereocenters. The lowest BCUT2D eigenvalue weighted by Gasteiger charge is -2.27. The van der Waals surface area contributed by atoms with Gasteiger partial charge in [0.15, 0.2) is 0 Å². The Morgan fingerprint density at radius 2 is 1.96 bits per heavy atom. The molecular formula is C19H20N6O3. The number of carbonyl (C=O) groups excluding carboxylic acids is 2. The van der Waals surface area contributed by atoms with E-state index in [1.54, 1.807) is 29.4 Å². The fraction of sp³-hybridized carbons (Fsp3) is 0.316. The first kappa shape index (κ1) is 18.1. The summed E-state index contributed by atoms with van der Waals surface area (Å²) in [7, 11) is 0. The number of anilines is 1. The number of fused-ring (bicyclic) bond motifs is 1. The van der Waals surface area contributed by atoms with Gasteiger partial charge in [0.25, 0.3) is 17.6 Å². The third kappa shape index (κ3) is 3.56. The second kappa shape index (κ2) is 7.35. The van der Waals surface area contributed by atoms with E-state index in [-0.39, 0.29) is 11.7 Å². The molecule has 0 atom stereocenters. The number of carbonyl (C=O) groups is 2. The van der Waals surface area contributed by atoms with Gasteiger partial charge in [0.2, 0.25) is 5.82 Å². The molecule has 0 radical (unpaired) electrons. The Labute approximate surface area is 161 Å². The maximum atomic E-state index is 12.8. The zero-order valence-corrected chi connectivity index (χ0v) is 15.7. The molecule has 1 saturated heterocycles. The van der Waals surface area contributed by atoms with E-state index in [1.165, 1.54) is 4.52 Å². The van der Waals surface area contributed by atoms with Crippen molar-refractivity contribution >= 4 is 23.3 Å². The monoisotopic (exact) mass is 380 g/mol. The van der Waals surface area contributed by atoms with E-state index in [2.05, 4.69) is 20.4 Å². The van der Waals surface area contributed by atoms with Crippen LogP contribution in [0.1, 0.15) is 32.1 Å². The van der Waals surface area contributed by atoms with Gasteiger partial charge in [-0.2, -0.15) is 4.98 Å². The van der Waals surface area contributed by atoms with Crippen molar-refractivity contribution in [2.75, 3.05) is 31.6 Å². The third-order valence-electron chi connectivity index (χ3n) is 4.55. The fourth-order valence-electron chi connectivity index (χ4n) is 3.03. The Bertz CT molecular complexity index is 1060. The van der Waals surface area contributed by atoms with Gasteiger partial charge < -0.3 is 15.0 Å². The van der Waals surface area contributed by atoms with E-state index in [1.807, 2.05) is 19.9 Å². The number of hydrogen-bond acceptors (Lipinski definition) is 6. The lowest BCUT2D eigenvalue weighted by atomic mass is 10.1. The highest BCUT2D eigenvalue weighted by Crippen LogP contribution is 2.18. The van der Waals surface area contributed by atoms with E-state index in [9.17, 15) is 9.59 Å². The Kier molecular flexibility index (Phi) is 4.74. The highest BCUT2D eigenvalue weighted by atomic mass is 16.5. The van der Waals surface area contributed by atoms with Gasteiger partial charge in [-0.1, -0.05) is 6.07 Å². The summed E-state index contributed by atoms with van der Waals surface area (Å²) in [6.45, 7) is 5.95. The van der Waals surface area contributed by atoms with Crippen LogP contribution in [-0.4, -0.2) is 62.6 Å². The van der Waals surface area contributed by atoms with Crippen molar-refractivity contribution in [1.82, 2.24) is 24.5 Å². The van der Waals surface area contributed by atoms with Crippen LogP contribution >= 0.6 is 0 Å². The van der Waals surface area contributed by atoms with E-state index < -0.39 is 5.91 Å². The first-order chi connectivity index (χ1) is 13.5. The molecule has 1 fully saturated rings. The Morgan fingerprint density at radius 3 is 2.75 bits per heavy atom. The summed E-state index contributed by atoms with van der Waals surface area (Å²) in [6, 6.07) is 5.25. The Balaban J connectivity index is 1.55. The van der Waals surface area contributed by atoms with Gasteiger partial charge >= 0.3 is 0 Å². The highest BCUT2D eigenvalue weighted by Gasteiger charge is 2.21. The largest absolute Gasteiger partial charge is 0.378 e. The minimum atomic E-state index is -0.461. The van der Waals surface area contributed by atoms with Crippen LogP contribution in [0, 0.1) is 13.8 Å². The summed E-state index contributed by atoms with van der Waals surface area (Å²) in [5.41, 5.74) is 2.82. The number of hydrogen-bond donors (Lipinski definition) is 1. The number of morpholine rings is 1. The summed E-state index contributed by atoms with van der Waals surface area (Å²) in [5.74, 6) is -0.165. The molecule has 0 saturated carbocycles. The van der Waals surface area contributed by atoms with Crippen LogP contribution in [-0.2, 0) is 4.74 Å². The van der Waals surface area contributed by atoms with Crippen molar-refractivity contribution < 1.29 is 14.3 Å². The Hall–Kier alpha value is -3.33. The molecule has 4 rings (SSSR count). The molecule has 9 heteroatoms. The van der Waals surface area contributed by atoms with Crippen molar-refractivity contribution in [2.24, 2.45) is 0 Å². The maximum Gasteiger partial charge on any atom is 0.295 e. The van der Waals surface area contributed by atoms with E-state index in [4.69, 9.17) is 4.74 Å². The molecule has 2 aromatic heterocycles. The number of rotatable bonds is 3. The van der Waals surface area contributed by atoms with Crippen LogP contribution < -0.4 is 5.32 Å². The number of nitrogens with zero attached hydrogens (tertiary/aromatic N) is 5. The lowest BCUT2D eigenvalue weighted by Crippen LogP contribution is -2.41. The minimum Gasteiger partial charge on any atom is -0.378 e. The molecule has 1 aliphatic rings. The average Bonchev–Trinajstić information content (AvgIpc) is 3.13. The molecule has 144 valence electrons. The minimum absolute atomic E-state index is 0.0136. The molecule has 2 amide bonds. The molecule has 1 aromatic carbocycles. The van der Waals surface area contributed by atoms with Crippen LogP contribution in [0.2, 0.25) is 0 Å². The molecule has 28 heavy (non-hydrogen) atoms. The number of benzene rings is 1. The highest BCUT2D eigenvalue weighted by molar-refractivity contribution is 6.03. The van der Waals surface area contributed by atoms with Gasteiger partial charge in [0, 0.05) is 36.7 Å². The van der Waals surface area contributed by atoms with Crippen molar-refractivity contribution in [3.05, 3.63) is 53.1 Å². The zero-order chi connectivity index (χ0) is 19.7. The normalized spacial score (nSPS) is 14.3. The SMILES string of the molecule is Cc1cnc2nc(C(=O)Nc3ccc(C)c(C(=O)N4CCOCC4)c3)nn2c1. The van der Waals surface area contributed by atoms with Gasteiger partial charge in [-0.25, -0.2) is 9.50 Å². The van der Waals surface area contributed by atoms with Crippen LogP contribution in [0.5, 0.6) is 0 Å². The zero-order valence-electron chi connectivity index (χ0n) is 15.7. The van der Waals surface area contributed by atoms with Gasteiger partial charge in [-0.15, -0.1) is 5.10 Å². The number of nitrogens with one attached hydrogen (secondary N) is 1. The summed E-state index contributed by atoms with van der Waals surface area (Å²) in [5, 5.41) is 6.92. The molecule has 1 N–H and O–H groups in total. The maximum absolute atomic E-state index is 12.8. The number of aromatic nitrogens is 4. The fourth-order valence-corrected chi connectivity index (χ4v) is 3.03. The number of aryl methyl sites for hydroxylation is 2. The lowest BCUT2D eigenvalue weighted by molar-refractivity contribution is 0.0302. The Morgan fingerprint density at radius 1 is 1.18 bits per heavy atom. The summed E-state index contributed by atoms with van der Waals surface area (Å²) >= 11 is 0. The van der Waals surface area contributed by atoms with E-state index in [0.29, 0.717) is 43.3 Å². The molecule has 0 bridgehead atoms. The molecule has 1 aliphatic heterocycles. The van der Waals surface area contributed by atoms with E-state index in [0.717, 1.165) is 11.1 Å². The number of amides is 2. The third-order valence-corrected chi connectivity index (χ3v) is 4.55. The van der Waals surface area contributed by atoms with Gasteiger partial charge in [0.05, 0.1) is 13.2 Å². The van der Waals surface area contributed by atoms with Gasteiger partial charge in [0.1, 0.15) is 0 Å². The molecule has 0 spiro atoms. The van der Waals surface area contributed by atoms with Crippen LogP contribution in [0.15, 0.2) is 30.6 Å². The van der Waals surface area contributed by atoms with Gasteiger partial charge in [-0.3, -0.25) is 9.59 Å². The second-order valence-electron chi connectivity index (χ2n) is 6.70. The molecule has 3 heterocycles. The standard InChI is InChI=1S/C19H20N6O3/c1-12-10-20-19-22-16(23-25(19)11-12)17(26)21-14-4-3-13(2)15(9-14)18(27)24-5-7-28-8-6-24/h3-4,9-11H,5-8H2,1-2H3,(H,21,26). The average molecular weight is 380 g/mol. The topological polar surface area (TPSA) is 102 Å². The molecule has 3 aromatic rings. The first-order valence-corrected chi connectivity index (χ1v) is 8.99. The first-order valence-electron chi connectivity index (χ1n) is 8.99. The predicted octanol–water partition coefficient (Wildman–Crippen LogP) is 1.47. The van der Waals surface area contributed by atoms with Crippen molar-refractivity contribution in [3.8, 4) is 0 Å². The van der Waals surface area contributed by atoms with Crippen LogP contribution in [0.25, 0.3) is 5.78 Å². The molecular weight excluding hydrogens is 360 g/mol. The summed E-state index contributed by atoms with van der Waals surface area (Å²) in [6.07, 6.45) is 3.41. The smallest absolute Gasteiger partial charge is 0.295 e. The van der Waals surface area contributed by atoms with Crippen molar-refractivity contribution in [2.45, 2.75) is 13.8 Å². The summed E-state index contributed by atoms with van der Waals surface area (Å²) in [4.78, 5) is 35.4. The second-order valence-corrected chi connectivity index (χ2v) is 6.70. The number of ether oxygens (including phenoxy) is 1. The van der Waals surface area contributed by atoms with Crippen LogP contribution in [0.4, 0.5) is 5.69 Å². The van der Waals surface area contributed by atoms with Crippen molar-refractivity contribution in [1.29, 1.82) is 0 Å². The van der Waals surface area contributed by atoms with E-state index >= 15 is 0 Å². The molecule has 9 nitrogen and oxygen atoms in total. The van der Waals surface area contributed by atoms with Crippen molar-refractivity contribution in [3.63, 3.8) is 0 Å². The predicted molar refractivity (Wildman–Crippen MR) is 101 cm³/mol. The molecule has 0 aliphatic carbocycles.